The second-order valence-electron chi connectivity index (χ2n) is 7.73. The van der Waals surface area contributed by atoms with Gasteiger partial charge < -0.3 is 20.1 Å². The van der Waals surface area contributed by atoms with Gasteiger partial charge in [0.1, 0.15) is 11.6 Å². The maximum atomic E-state index is 12.5. The predicted octanol–water partition coefficient (Wildman–Crippen LogP) is 3.03. The summed E-state index contributed by atoms with van der Waals surface area (Å²) >= 11 is 0. The minimum Gasteiger partial charge on any atom is -0.465 e. The van der Waals surface area contributed by atoms with Gasteiger partial charge in [-0.2, -0.15) is 0 Å². The van der Waals surface area contributed by atoms with Crippen LogP contribution in [0.15, 0.2) is 24.3 Å². The van der Waals surface area contributed by atoms with E-state index in [1.807, 2.05) is 13.8 Å². The molecular weight excluding hydrogens is 348 g/mol. The topological polar surface area (TPSA) is 93.7 Å². The average molecular weight is 378 g/mol. The molecule has 0 aromatic heterocycles. The van der Waals surface area contributed by atoms with Crippen molar-refractivity contribution in [2.24, 2.45) is 5.92 Å². The van der Waals surface area contributed by atoms with E-state index in [1.54, 1.807) is 45.0 Å². The first kappa shape index (κ1) is 22.5. The summed E-state index contributed by atoms with van der Waals surface area (Å²) in [5.74, 6) is -0.481. The van der Waals surface area contributed by atoms with E-state index >= 15 is 0 Å². The Bertz CT molecular complexity index is 647. The summed E-state index contributed by atoms with van der Waals surface area (Å²) < 4.78 is 9.89. The Morgan fingerprint density at radius 2 is 1.67 bits per heavy atom. The number of amides is 2. The lowest BCUT2D eigenvalue weighted by Gasteiger charge is -2.24. The summed E-state index contributed by atoms with van der Waals surface area (Å²) in [6.45, 7) is 9.53. The average Bonchev–Trinajstić information content (AvgIpc) is 2.56. The minimum absolute atomic E-state index is 0.218. The molecule has 0 unspecified atom stereocenters. The maximum absolute atomic E-state index is 12.5. The van der Waals surface area contributed by atoms with Crippen LogP contribution in [0.1, 0.15) is 57.0 Å². The van der Waals surface area contributed by atoms with Crippen LogP contribution in [0.2, 0.25) is 0 Å². The molecular formula is C20H30N2O5. The summed E-state index contributed by atoms with van der Waals surface area (Å²) in [4.78, 5) is 36.0. The van der Waals surface area contributed by atoms with E-state index in [9.17, 15) is 14.4 Å². The second kappa shape index (κ2) is 9.94. The number of nitrogens with one attached hydrogen (secondary N) is 2. The number of alkyl carbamates (subject to hydrolysis) is 1. The quantitative estimate of drug-likeness (QED) is 0.711. The van der Waals surface area contributed by atoms with Gasteiger partial charge in [0, 0.05) is 6.54 Å². The number of rotatable bonds is 7. The van der Waals surface area contributed by atoms with E-state index in [-0.39, 0.29) is 18.4 Å². The number of hydrogen-bond acceptors (Lipinski definition) is 5. The first-order valence-corrected chi connectivity index (χ1v) is 8.96. The molecule has 1 rings (SSSR count). The number of esters is 1. The molecule has 0 saturated heterocycles. The summed E-state index contributed by atoms with van der Waals surface area (Å²) in [5.41, 5.74) is 0.637. The van der Waals surface area contributed by atoms with Crippen LogP contribution < -0.4 is 10.6 Å². The number of hydrogen-bond donors (Lipinski definition) is 2. The van der Waals surface area contributed by atoms with Crippen molar-refractivity contribution < 1.29 is 23.9 Å². The monoisotopic (exact) mass is 378 g/mol. The smallest absolute Gasteiger partial charge is 0.408 e. The number of carbonyl (C=O) groups excluding carboxylic acids is 3. The van der Waals surface area contributed by atoms with E-state index in [1.165, 1.54) is 7.11 Å². The van der Waals surface area contributed by atoms with E-state index in [0.717, 1.165) is 5.56 Å². The number of carbonyl (C=O) groups is 3. The molecule has 27 heavy (non-hydrogen) atoms. The Labute approximate surface area is 160 Å². The van der Waals surface area contributed by atoms with Crippen molar-refractivity contribution in [2.75, 3.05) is 7.11 Å². The van der Waals surface area contributed by atoms with Crippen molar-refractivity contribution in [1.82, 2.24) is 10.6 Å². The van der Waals surface area contributed by atoms with Crippen molar-refractivity contribution in [1.29, 1.82) is 0 Å². The highest BCUT2D eigenvalue weighted by atomic mass is 16.6. The van der Waals surface area contributed by atoms with Gasteiger partial charge in [0.15, 0.2) is 0 Å². The molecule has 0 saturated carbocycles. The highest BCUT2D eigenvalue weighted by Gasteiger charge is 2.25. The Balaban J connectivity index is 2.68. The zero-order valence-corrected chi connectivity index (χ0v) is 16.9. The first-order valence-electron chi connectivity index (χ1n) is 8.96. The van der Waals surface area contributed by atoms with E-state index in [2.05, 4.69) is 15.4 Å². The molecule has 0 aliphatic heterocycles. The molecule has 2 N–H and O–H groups in total. The highest BCUT2D eigenvalue weighted by Crippen LogP contribution is 2.10. The van der Waals surface area contributed by atoms with Gasteiger partial charge in [-0.15, -0.1) is 0 Å². The first-order chi connectivity index (χ1) is 12.5. The van der Waals surface area contributed by atoms with Crippen molar-refractivity contribution in [3.8, 4) is 0 Å². The zero-order valence-electron chi connectivity index (χ0n) is 16.9. The minimum atomic E-state index is -0.686. The van der Waals surface area contributed by atoms with Crippen molar-refractivity contribution in [2.45, 2.75) is 59.2 Å². The van der Waals surface area contributed by atoms with Crippen LogP contribution in [0.3, 0.4) is 0 Å². The van der Waals surface area contributed by atoms with Gasteiger partial charge in [-0.1, -0.05) is 26.0 Å². The van der Waals surface area contributed by atoms with Crippen molar-refractivity contribution in [3.63, 3.8) is 0 Å². The van der Waals surface area contributed by atoms with Gasteiger partial charge in [0.2, 0.25) is 5.91 Å². The normalized spacial score (nSPS) is 12.3. The Morgan fingerprint density at radius 3 is 2.15 bits per heavy atom. The van der Waals surface area contributed by atoms with Gasteiger partial charge in [0.25, 0.3) is 0 Å². The summed E-state index contributed by atoms with van der Waals surface area (Å²) in [6, 6.07) is 6.07. The maximum Gasteiger partial charge on any atom is 0.408 e. The zero-order chi connectivity index (χ0) is 20.6. The lowest BCUT2D eigenvalue weighted by atomic mass is 10.0. The van der Waals surface area contributed by atoms with Crippen molar-refractivity contribution in [3.05, 3.63) is 35.4 Å². The molecule has 1 aromatic rings. The van der Waals surface area contributed by atoms with Gasteiger partial charge >= 0.3 is 12.1 Å². The fourth-order valence-corrected chi connectivity index (χ4v) is 2.34. The van der Waals surface area contributed by atoms with Gasteiger partial charge in [-0.25, -0.2) is 9.59 Å². The Morgan fingerprint density at radius 1 is 1.07 bits per heavy atom. The lowest BCUT2D eigenvalue weighted by Crippen LogP contribution is -2.48. The fourth-order valence-electron chi connectivity index (χ4n) is 2.34. The second-order valence-corrected chi connectivity index (χ2v) is 7.73. The summed E-state index contributed by atoms with van der Waals surface area (Å²) in [7, 11) is 1.32. The molecule has 0 aliphatic carbocycles. The van der Waals surface area contributed by atoms with Gasteiger partial charge in [-0.05, 0) is 50.8 Å². The van der Waals surface area contributed by atoms with Crippen LogP contribution in [-0.2, 0) is 20.8 Å². The highest BCUT2D eigenvalue weighted by molar-refractivity contribution is 5.89. The molecule has 2 amide bonds. The molecule has 1 aromatic carbocycles. The molecule has 0 fully saturated rings. The Kier molecular flexibility index (Phi) is 8.28. The third-order valence-corrected chi connectivity index (χ3v) is 3.56. The van der Waals surface area contributed by atoms with Gasteiger partial charge in [0.05, 0.1) is 12.7 Å². The SMILES string of the molecule is COC(=O)c1ccc(CNC(=O)[C@H](CC(C)C)NC(=O)OC(C)(C)C)cc1. The molecule has 1 atom stereocenters. The van der Waals surface area contributed by atoms with Crippen LogP contribution in [0.4, 0.5) is 4.79 Å². The van der Waals surface area contributed by atoms with Crippen LogP contribution >= 0.6 is 0 Å². The van der Waals surface area contributed by atoms with Crippen LogP contribution in [-0.4, -0.2) is 36.7 Å². The largest absolute Gasteiger partial charge is 0.465 e. The molecule has 7 nitrogen and oxygen atoms in total. The van der Waals surface area contributed by atoms with Crippen LogP contribution in [0.5, 0.6) is 0 Å². The molecule has 0 aliphatic rings. The third-order valence-electron chi connectivity index (χ3n) is 3.56. The molecule has 0 heterocycles. The molecule has 7 heteroatoms. The molecule has 150 valence electrons. The number of methoxy groups -OCH3 is 1. The van der Waals surface area contributed by atoms with E-state index in [4.69, 9.17) is 4.74 Å². The van der Waals surface area contributed by atoms with Crippen molar-refractivity contribution >= 4 is 18.0 Å². The summed E-state index contributed by atoms with van der Waals surface area (Å²) in [5, 5.41) is 5.45. The predicted molar refractivity (Wildman–Crippen MR) is 102 cm³/mol. The standard InChI is InChI=1S/C20H30N2O5/c1-13(2)11-16(22-19(25)27-20(3,4)5)17(23)21-12-14-7-9-15(10-8-14)18(24)26-6/h7-10,13,16H,11-12H2,1-6H3,(H,21,23)(H,22,25)/t16-/m0/s1. The van der Waals surface area contributed by atoms with E-state index < -0.39 is 23.7 Å². The van der Waals surface area contributed by atoms with E-state index in [0.29, 0.717) is 12.0 Å². The third kappa shape index (κ3) is 8.57. The van der Waals surface area contributed by atoms with Crippen LogP contribution in [0, 0.1) is 5.92 Å². The fraction of sp³-hybridized carbons (Fsp3) is 0.550. The lowest BCUT2D eigenvalue weighted by molar-refractivity contribution is -0.123. The number of benzene rings is 1. The molecule has 0 radical (unpaired) electrons. The molecule has 0 spiro atoms. The van der Waals surface area contributed by atoms with Crippen LogP contribution in [0.25, 0.3) is 0 Å². The summed E-state index contributed by atoms with van der Waals surface area (Å²) in [6.07, 6.45) is -0.127. The number of ether oxygens (including phenoxy) is 2. The molecule has 0 bridgehead atoms. The Hall–Kier alpha value is -2.57. The van der Waals surface area contributed by atoms with Gasteiger partial charge in [-0.3, -0.25) is 4.79 Å².